The van der Waals surface area contributed by atoms with Gasteiger partial charge in [0.2, 0.25) is 5.91 Å². The van der Waals surface area contributed by atoms with Crippen molar-refractivity contribution in [3.63, 3.8) is 0 Å². The van der Waals surface area contributed by atoms with Gasteiger partial charge in [0.15, 0.2) is 0 Å². The smallest absolute Gasteiger partial charge is 0.252 e. The SMILES string of the molecule is CC(C)C1C(=O)NCCN1C(=O)C1CCCO1. The van der Waals surface area contributed by atoms with Crippen molar-refractivity contribution < 1.29 is 14.3 Å². The molecule has 0 saturated carbocycles. The van der Waals surface area contributed by atoms with Crippen LogP contribution in [-0.4, -0.2) is 48.6 Å². The van der Waals surface area contributed by atoms with Gasteiger partial charge in [0.25, 0.3) is 5.91 Å². The number of carbonyl (C=O) groups is 2. The molecule has 2 saturated heterocycles. The molecule has 2 amide bonds. The Morgan fingerprint density at radius 2 is 2.29 bits per heavy atom. The molecular weight excluding hydrogens is 220 g/mol. The van der Waals surface area contributed by atoms with Crippen molar-refractivity contribution in [3.8, 4) is 0 Å². The fourth-order valence-corrected chi connectivity index (χ4v) is 2.55. The first-order valence-corrected chi connectivity index (χ1v) is 6.31. The third-order valence-electron chi connectivity index (χ3n) is 3.38. The second-order valence-electron chi connectivity index (χ2n) is 5.01. The molecule has 2 aliphatic rings. The van der Waals surface area contributed by atoms with Crippen molar-refractivity contribution in [1.29, 1.82) is 0 Å². The van der Waals surface area contributed by atoms with E-state index in [4.69, 9.17) is 4.74 Å². The normalized spacial score (nSPS) is 29.6. The van der Waals surface area contributed by atoms with Gasteiger partial charge in [0.1, 0.15) is 12.1 Å². The highest BCUT2D eigenvalue weighted by molar-refractivity contribution is 5.90. The molecule has 5 nitrogen and oxygen atoms in total. The lowest BCUT2D eigenvalue weighted by Crippen LogP contribution is -2.60. The van der Waals surface area contributed by atoms with Crippen LogP contribution in [0.5, 0.6) is 0 Å². The van der Waals surface area contributed by atoms with Crippen LogP contribution in [-0.2, 0) is 14.3 Å². The monoisotopic (exact) mass is 240 g/mol. The third kappa shape index (κ3) is 2.44. The van der Waals surface area contributed by atoms with Gasteiger partial charge in [0.05, 0.1) is 0 Å². The molecule has 17 heavy (non-hydrogen) atoms. The highest BCUT2D eigenvalue weighted by Crippen LogP contribution is 2.20. The van der Waals surface area contributed by atoms with Crippen molar-refractivity contribution in [2.75, 3.05) is 19.7 Å². The van der Waals surface area contributed by atoms with E-state index in [1.165, 1.54) is 0 Å². The summed E-state index contributed by atoms with van der Waals surface area (Å²) in [6, 6.07) is -0.347. The van der Waals surface area contributed by atoms with Gasteiger partial charge < -0.3 is 15.0 Å². The van der Waals surface area contributed by atoms with E-state index in [-0.39, 0.29) is 29.9 Å². The molecule has 1 N–H and O–H groups in total. The molecule has 2 fully saturated rings. The minimum atomic E-state index is -0.347. The number of nitrogens with one attached hydrogen (secondary N) is 1. The Labute approximate surface area is 101 Å². The highest BCUT2D eigenvalue weighted by Gasteiger charge is 2.38. The first-order valence-electron chi connectivity index (χ1n) is 6.31. The average molecular weight is 240 g/mol. The molecular formula is C12H20N2O3. The molecule has 5 heteroatoms. The summed E-state index contributed by atoms with van der Waals surface area (Å²) in [5.41, 5.74) is 0. The number of hydrogen-bond acceptors (Lipinski definition) is 3. The predicted molar refractivity (Wildman–Crippen MR) is 62.3 cm³/mol. The number of hydrogen-bond donors (Lipinski definition) is 1. The Morgan fingerprint density at radius 1 is 1.53 bits per heavy atom. The Kier molecular flexibility index (Phi) is 3.66. The van der Waals surface area contributed by atoms with E-state index < -0.39 is 0 Å². The largest absolute Gasteiger partial charge is 0.368 e. The van der Waals surface area contributed by atoms with E-state index in [9.17, 15) is 9.59 Å². The van der Waals surface area contributed by atoms with Crippen LogP contribution in [0.4, 0.5) is 0 Å². The maximum absolute atomic E-state index is 12.3. The van der Waals surface area contributed by atoms with Crippen molar-refractivity contribution in [2.45, 2.75) is 38.8 Å². The van der Waals surface area contributed by atoms with Gasteiger partial charge in [-0.05, 0) is 18.8 Å². The van der Waals surface area contributed by atoms with E-state index in [2.05, 4.69) is 5.32 Å². The molecule has 2 aliphatic heterocycles. The van der Waals surface area contributed by atoms with Gasteiger partial charge in [-0.3, -0.25) is 9.59 Å². The number of rotatable bonds is 2. The number of amides is 2. The Morgan fingerprint density at radius 3 is 2.88 bits per heavy atom. The summed E-state index contributed by atoms with van der Waals surface area (Å²) in [5, 5.41) is 2.82. The van der Waals surface area contributed by atoms with Gasteiger partial charge in [0, 0.05) is 19.7 Å². The summed E-state index contributed by atoms with van der Waals surface area (Å²) >= 11 is 0. The summed E-state index contributed by atoms with van der Waals surface area (Å²) in [6.45, 7) is 5.72. The Hall–Kier alpha value is -1.10. The number of nitrogens with zero attached hydrogens (tertiary/aromatic N) is 1. The standard InChI is InChI=1S/C12H20N2O3/c1-8(2)10-11(15)13-5-6-14(10)12(16)9-4-3-7-17-9/h8-10H,3-7H2,1-2H3,(H,13,15). The van der Waals surface area contributed by atoms with Crippen molar-refractivity contribution in [1.82, 2.24) is 10.2 Å². The molecule has 0 spiro atoms. The van der Waals surface area contributed by atoms with Crippen LogP contribution in [0.25, 0.3) is 0 Å². The van der Waals surface area contributed by atoms with Crippen LogP contribution in [0.1, 0.15) is 26.7 Å². The first kappa shape index (κ1) is 12.4. The summed E-state index contributed by atoms with van der Waals surface area (Å²) < 4.78 is 5.41. The Balaban J connectivity index is 2.10. The minimum absolute atomic E-state index is 0.0175. The lowest BCUT2D eigenvalue weighted by Gasteiger charge is -2.38. The molecule has 0 aliphatic carbocycles. The van der Waals surface area contributed by atoms with Crippen LogP contribution >= 0.6 is 0 Å². The molecule has 0 aromatic heterocycles. The second-order valence-corrected chi connectivity index (χ2v) is 5.01. The molecule has 2 heterocycles. The molecule has 2 rings (SSSR count). The number of ether oxygens (including phenoxy) is 1. The van der Waals surface area contributed by atoms with Gasteiger partial charge in [-0.15, -0.1) is 0 Å². The topological polar surface area (TPSA) is 58.6 Å². The number of piperazine rings is 1. The summed E-state index contributed by atoms with van der Waals surface area (Å²) in [6.07, 6.45) is 1.38. The lowest BCUT2D eigenvalue weighted by atomic mass is 9.98. The third-order valence-corrected chi connectivity index (χ3v) is 3.38. The van der Waals surface area contributed by atoms with E-state index in [0.29, 0.717) is 19.7 Å². The number of carbonyl (C=O) groups excluding carboxylic acids is 2. The summed E-state index contributed by atoms with van der Waals surface area (Å²) in [4.78, 5) is 25.8. The fourth-order valence-electron chi connectivity index (χ4n) is 2.55. The van der Waals surface area contributed by atoms with Crippen LogP contribution in [0.15, 0.2) is 0 Å². The van der Waals surface area contributed by atoms with Crippen LogP contribution in [0, 0.1) is 5.92 Å². The molecule has 0 bridgehead atoms. The van der Waals surface area contributed by atoms with E-state index in [1.54, 1.807) is 4.90 Å². The summed E-state index contributed by atoms with van der Waals surface area (Å²) in [7, 11) is 0. The van der Waals surface area contributed by atoms with Crippen molar-refractivity contribution in [2.24, 2.45) is 5.92 Å². The predicted octanol–water partition coefficient (Wildman–Crippen LogP) is 0.148. The maximum atomic E-state index is 12.3. The molecule has 0 aromatic rings. The molecule has 0 aromatic carbocycles. The Bertz CT molecular complexity index is 311. The van der Waals surface area contributed by atoms with E-state index in [1.807, 2.05) is 13.8 Å². The lowest BCUT2D eigenvalue weighted by molar-refractivity contribution is -0.151. The van der Waals surface area contributed by atoms with Gasteiger partial charge in [-0.1, -0.05) is 13.8 Å². The van der Waals surface area contributed by atoms with Gasteiger partial charge in [-0.2, -0.15) is 0 Å². The molecule has 0 radical (unpaired) electrons. The quantitative estimate of drug-likeness (QED) is 0.747. The summed E-state index contributed by atoms with van der Waals surface area (Å²) in [5.74, 6) is 0.0642. The zero-order valence-electron chi connectivity index (χ0n) is 10.4. The molecule has 96 valence electrons. The molecule has 2 unspecified atom stereocenters. The second kappa shape index (κ2) is 5.04. The van der Waals surface area contributed by atoms with Gasteiger partial charge >= 0.3 is 0 Å². The van der Waals surface area contributed by atoms with Crippen LogP contribution in [0.3, 0.4) is 0 Å². The zero-order valence-corrected chi connectivity index (χ0v) is 10.4. The fraction of sp³-hybridized carbons (Fsp3) is 0.833. The van der Waals surface area contributed by atoms with E-state index >= 15 is 0 Å². The average Bonchev–Trinajstić information content (AvgIpc) is 2.80. The van der Waals surface area contributed by atoms with Gasteiger partial charge in [-0.25, -0.2) is 0 Å². The minimum Gasteiger partial charge on any atom is -0.368 e. The van der Waals surface area contributed by atoms with E-state index in [0.717, 1.165) is 12.8 Å². The van der Waals surface area contributed by atoms with Crippen molar-refractivity contribution >= 4 is 11.8 Å². The highest BCUT2D eigenvalue weighted by atomic mass is 16.5. The van der Waals surface area contributed by atoms with Crippen molar-refractivity contribution in [3.05, 3.63) is 0 Å². The molecule has 2 atom stereocenters. The maximum Gasteiger partial charge on any atom is 0.252 e. The first-order chi connectivity index (χ1) is 8.11. The van der Waals surface area contributed by atoms with Crippen LogP contribution < -0.4 is 5.32 Å². The zero-order chi connectivity index (χ0) is 12.4. The van der Waals surface area contributed by atoms with Crippen LogP contribution in [0.2, 0.25) is 0 Å².